The van der Waals surface area contributed by atoms with Crippen molar-refractivity contribution in [2.24, 2.45) is 5.92 Å². The quantitative estimate of drug-likeness (QED) is 0.647. The lowest BCUT2D eigenvalue weighted by Gasteiger charge is -2.30. The average molecular weight is 430 g/mol. The lowest BCUT2D eigenvalue weighted by atomic mass is 10.0. The third kappa shape index (κ3) is 5.69. The van der Waals surface area contributed by atoms with Gasteiger partial charge in [-0.25, -0.2) is 8.42 Å². The van der Waals surface area contributed by atoms with Crippen LogP contribution in [0.15, 0.2) is 23.1 Å². The Morgan fingerprint density at radius 2 is 1.89 bits per heavy atom. The summed E-state index contributed by atoms with van der Waals surface area (Å²) in [6, 6.07) is 4.87. The normalized spacial score (nSPS) is 16.7. The molecule has 0 aromatic heterocycles. The van der Waals surface area contributed by atoms with Crippen molar-refractivity contribution in [1.82, 2.24) is 9.21 Å². The Hall–Kier alpha value is -1.15. The van der Waals surface area contributed by atoms with Gasteiger partial charge in [0.1, 0.15) is 0 Å². The van der Waals surface area contributed by atoms with Crippen LogP contribution in [0.5, 0.6) is 0 Å². The van der Waals surface area contributed by atoms with E-state index in [1.54, 1.807) is 0 Å². The third-order valence-electron chi connectivity index (χ3n) is 5.49. The van der Waals surface area contributed by atoms with Crippen LogP contribution >= 0.6 is 11.6 Å². The minimum atomic E-state index is -3.55. The number of rotatable bonds is 9. The van der Waals surface area contributed by atoms with E-state index >= 15 is 0 Å². The summed E-state index contributed by atoms with van der Waals surface area (Å²) in [4.78, 5) is 14.9. The summed E-state index contributed by atoms with van der Waals surface area (Å²) in [5, 5.41) is 3.11. The SMILES string of the molecule is CCN(CCC(=O)Nc1cc(S(=O)(=O)N2CCCC2)ccc1Cl)C(C)C(C)C. The molecule has 0 aliphatic carbocycles. The van der Waals surface area contributed by atoms with E-state index in [1.165, 1.54) is 22.5 Å². The summed E-state index contributed by atoms with van der Waals surface area (Å²) >= 11 is 6.20. The van der Waals surface area contributed by atoms with Gasteiger partial charge in [-0.2, -0.15) is 4.31 Å². The van der Waals surface area contributed by atoms with E-state index in [0.29, 0.717) is 48.7 Å². The van der Waals surface area contributed by atoms with Crippen LogP contribution in [0.2, 0.25) is 5.02 Å². The van der Waals surface area contributed by atoms with Crippen LogP contribution in [0.1, 0.15) is 47.0 Å². The third-order valence-corrected chi connectivity index (χ3v) is 7.71. The second-order valence-electron chi connectivity index (χ2n) is 7.66. The molecule has 6 nitrogen and oxygen atoms in total. The molecule has 1 atom stereocenters. The molecule has 0 saturated carbocycles. The van der Waals surface area contributed by atoms with Gasteiger partial charge in [-0.1, -0.05) is 32.4 Å². The molecule has 1 aromatic carbocycles. The van der Waals surface area contributed by atoms with Gasteiger partial charge in [0.15, 0.2) is 0 Å². The Morgan fingerprint density at radius 1 is 1.25 bits per heavy atom. The maximum absolute atomic E-state index is 12.7. The first kappa shape index (κ1) is 23.1. The molecule has 1 aliphatic rings. The Morgan fingerprint density at radius 3 is 2.46 bits per heavy atom. The molecule has 0 radical (unpaired) electrons. The highest BCUT2D eigenvalue weighted by Gasteiger charge is 2.27. The molecule has 0 bridgehead atoms. The largest absolute Gasteiger partial charge is 0.325 e. The molecule has 2 rings (SSSR count). The molecule has 1 saturated heterocycles. The number of nitrogens with zero attached hydrogens (tertiary/aromatic N) is 2. The number of carbonyl (C=O) groups excluding carboxylic acids is 1. The Kier molecular flexibility index (Phi) is 8.30. The first-order valence-corrected chi connectivity index (χ1v) is 11.8. The molecule has 1 amide bonds. The molecule has 0 spiro atoms. The summed E-state index contributed by atoms with van der Waals surface area (Å²) in [5.74, 6) is 0.331. The van der Waals surface area contributed by atoms with Crippen molar-refractivity contribution in [1.29, 1.82) is 0 Å². The molecule has 1 aromatic rings. The monoisotopic (exact) mass is 429 g/mol. The number of halogens is 1. The van der Waals surface area contributed by atoms with Crippen molar-refractivity contribution in [3.8, 4) is 0 Å². The summed E-state index contributed by atoms with van der Waals surface area (Å²) in [6.45, 7) is 11.2. The van der Waals surface area contributed by atoms with E-state index < -0.39 is 10.0 Å². The predicted molar refractivity (Wildman–Crippen MR) is 114 cm³/mol. The molecular weight excluding hydrogens is 398 g/mol. The summed E-state index contributed by atoms with van der Waals surface area (Å²) < 4.78 is 27.0. The van der Waals surface area contributed by atoms with Crippen molar-refractivity contribution in [3.05, 3.63) is 23.2 Å². The molecule has 1 N–H and O–H groups in total. The minimum absolute atomic E-state index is 0.165. The number of benzene rings is 1. The van der Waals surface area contributed by atoms with Crippen LogP contribution in [-0.4, -0.2) is 55.8 Å². The second kappa shape index (κ2) is 10.1. The lowest BCUT2D eigenvalue weighted by molar-refractivity contribution is -0.116. The second-order valence-corrected chi connectivity index (χ2v) is 10.0. The predicted octanol–water partition coefficient (Wildman–Crippen LogP) is 3.82. The summed E-state index contributed by atoms with van der Waals surface area (Å²) in [5.41, 5.74) is 0.340. The van der Waals surface area contributed by atoms with Gasteiger partial charge in [-0.15, -0.1) is 0 Å². The van der Waals surface area contributed by atoms with E-state index in [-0.39, 0.29) is 10.8 Å². The number of hydrogen-bond acceptors (Lipinski definition) is 4. The number of anilines is 1. The van der Waals surface area contributed by atoms with Gasteiger partial charge >= 0.3 is 0 Å². The van der Waals surface area contributed by atoms with Gasteiger partial charge in [-0.3, -0.25) is 4.79 Å². The number of nitrogens with one attached hydrogen (secondary N) is 1. The fourth-order valence-corrected chi connectivity index (χ4v) is 5.08. The van der Waals surface area contributed by atoms with Crippen molar-refractivity contribution in [2.45, 2.75) is 57.9 Å². The van der Waals surface area contributed by atoms with Gasteiger partial charge in [0.05, 0.1) is 15.6 Å². The van der Waals surface area contributed by atoms with Crippen LogP contribution in [0.3, 0.4) is 0 Å². The lowest BCUT2D eigenvalue weighted by Crippen LogP contribution is -2.38. The topological polar surface area (TPSA) is 69.7 Å². The molecule has 1 unspecified atom stereocenters. The van der Waals surface area contributed by atoms with Gasteiger partial charge in [0, 0.05) is 32.1 Å². The molecule has 8 heteroatoms. The number of amides is 1. The molecule has 1 fully saturated rings. The maximum atomic E-state index is 12.7. The van der Waals surface area contributed by atoms with Crippen LogP contribution in [0.4, 0.5) is 5.69 Å². The van der Waals surface area contributed by atoms with Crippen LogP contribution < -0.4 is 5.32 Å². The van der Waals surface area contributed by atoms with E-state index in [1.807, 2.05) is 0 Å². The van der Waals surface area contributed by atoms with Crippen LogP contribution in [-0.2, 0) is 14.8 Å². The number of sulfonamides is 1. The summed E-state index contributed by atoms with van der Waals surface area (Å²) in [6.07, 6.45) is 2.07. The van der Waals surface area contributed by atoms with Gasteiger partial charge in [0.2, 0.25) is 15.9 Å². The summed E-state index contributed by atoms with van der Waals surface area (Å²) in [7, 11) is -3.55. The van der Waals surface area contributed by atoms with E-state index in [2.05, 4.69) is 37.9 Å². The van der Waals surface area contributed by atoms with E-state index in [9.17, 15) is 13.2 Å². The van der Waals surface area contributed by atoms with Crippen LogP contribution in [0, 0.1) is 5.92 Å². The zero-order valence-electron chi connectivity index (χ0n) is 17.2. The maximum Gasteiger partial charge on any atom is 0.243 e. The van der Waals surface area contributed by atoms with Crippen molar-refractivity contribution < 1.29 is 13.2 Å². The van der Waals surface area contributed by atoms with E-state index in [0.717, 1.165) is 19.4 Å². The molecule has 28 heavy (non-hydrogen) atoms. The fourth-order valence-electron chi connectivity index (χ4n) is 3.37. The Bertz CT molecular complexity index is 777. The minimum Gasteiger partial charge on any atom is -0.325 e. The zero-order valence-corrected chi connectivity index (χ0v) is 18.8. The highest BCUT2D eigenvalue weighted by molar-refractivity contribution is 7.89. The first-order chi connectivity index (χ1) is 13.2. The molecule has 1 aliphatic heterocycles. The first-order valence-electron chi connectivity index (χ1n) is 10.0. The smallest absolute Gasteiger partial charge is 0.243 e. The van der Waals surface area contributed by atoms with Gasteiger partial charge in [0.25, 0.3) is 0 Å². The van der Waals surface area contributed by atoms with Gasteiger partial charge in [-0.05, 0) is 50.4 Å². The fraction of sp³-hybridized carbons (Fsp3) is 0.650. The van der Waals surface area contributed by atoms with Crippen molar-refractivity contribution in [2.75, 3.05) is 31.5 Å². The standard InChI is InChI=1S/C20H32ClN3O3S/c1-5-23(16(4)15(2)3)13-10-20(25)22-19-14-17(8-9-18(19)21)28(26,27)24-11-6-7-12-24/h8-9,14-16H,5-7,10-13H2,1-4H3,(H,22,25). The van der Waals surface area contributed by atoms with Gasteiger partial charge < -0.3 is 10.2 Å². The highest BCUT2D eigenvalue weighted by atomic mass is 35.5. The Labute approximate surface area is 174 Å². The molecule has 1 heterocycles. The molecular formula is C20H32ClN3O3S. The van der Waals surface area contributed by atoms with Crippen molar-refractivity contribution >= 4 is 33.2 Å². The molecule has 158 valence electrons. The average Bonchev–Trinajstić information content (AvgIpc) is 3.19. The van der Waals surface area contributed by atoms with Crippen LogP contribution in [0.25, 0.3) is 0 Å². The Balaban J connectivity index is 2.06. The van der Waals surface area contributed by atoms with Crippen molar-refractivity contribution in [3.63, 3.8) is 0 Å². The number of carbonyl (C=O) groups is 1. The highest BCUT2D eigenvalue weighted by Crippen LogP contribution is 2.28. The number of hydrogen-bond donors (Lipinski definition) is 1. The zero-order chi connectivity index (χ0) is 20.9. The van der Waals surface area contributed by atoms with E-state index in [4.69, 9.17) is 11.6 Å².